The molecule has 3 N–H and O–H groups in total. The smallest absolute Gasteiger partial charge is 0.148 e. The predicted octanol–water partition coefficient (Wildman–Crippen LogP) is 2.76. The molecule has 0 fully saturated rings. The first-order valence-corrected chi connectivity index (χ1v) is 5.72. The van der Waals surface area contributed by atoms with E-state index in [-0.39, 0.29) is 0 Å². The molecule has 1 unspecified atom stereocenters. The third kappa shape index (κ3) is 2.87. The van der Waals surface area contributed by atoms with E-state index in [2.05, 4.69) is 13.8 Å². The minimum atomic E-state index is -0.550. The van der Waals surface area contributed by atoms with Gasteiger partial charge in [0.2, 0.25) is 0 Å². The van der Waals surface area contributed by atoms with Crippen LogP contribution in [0, 0.1) is 0 Å². The van der Waals surface area contributed by atoms with E-state index in [1.807, 2.05) is 18.2 Å². The number of aliphatic hydroxyl groups excluding tert-OH is 1. The highest BCUT2D eigenvalue weighted by Crippen LogP contribution is 2.34. The standard InChI is InChI=1S/C11H17NO2S/c1-7(2)9-5-4-6-10(8(3)13)11(9)14-15-12/h4-8,13H,12H2,1-3H3. The van der Waals surface area contributed by atoms with Crippen molar-refractivity contribution >= 4 is 12.2 Å². The summed E-state index contributed by atoms with van der Waals surface area (Å²) in [6.45, 7) is 5.87. The molecule has 3 nitrogen and oxygen atoms in total. The van der Waals surface area contributed by atoms with Crippen LogP contribution in [0.1, 0.15) is 43.9 Å². The number of aliphatic hydroxyl groups is 1. The zero-order chi connectivity index (χ0) is 11.4. The van der Waals surface area contributed by atoms with E-state index in [0.717, 1.165) is 23.4 Å². The highest BCUT2D eigenvalue weighted by Gasteiger charge is 2.15. The van der Waals surface area contributed by atoms with Gasteiger partial charge in [-0.15, -0.1) is 0 Å². The quantitative estimate of drug-likeness (QED) is 0.613. The zero-order valence-corrected chi connectivity index (χ0v) is 10.0. The molecule has 0 aromatic heterocycles. The van der Waals surface area contributed by atoms with Crippen LogP contribution in [0.2, 0.25) is 0 Å². The number of hydrogen-bond donors (Lipinski definition) is 2. The van der Waals surface area contributed by atoms with Gasteiger partial charge < -0.3 is 9.29 Å². The van der Waals surface area contributed by atoms with Crippen molar-refractivity contribution in [3.63, 3.8) is 0 Å². The molecule has 0 aliphatic rings. The number of rotatable bonds is 4. The van der Waals surface area contributed by atoms with Crippen LogP contribution < -0.4 is 9.32 Å². The van der Waals surface area contributed by atoms with Crippen LogP contribution in [0.5, 0.6) is 5.75 Å². The predicted molar refractivity (Wildman–Crippen MR) is 63.6 cm³/mol. The highest BCUT2D eigenvalue weighted by molar-refractivity contribution is 7.92. The molecule has 1 rings (SSSR count). The van der Waals surface area contributed by atoms with Crippen LogP contribution in [-0.2, 0) is 0 Å². The second-order valence-electron chi connectivity index (χ2n) is 3.78. The van der Waals surface area contributed by atoms with Gasteiger partial charge in [-0.1, -0.05) is 32.0 Å². The molecule has 0 saturated heterocycles. The Morgan fingerprint density at radius 1 is 1.27 bits per heavy atom. The summed E-state index contributed by atoms with van der Waals surface area (Å²) in [4.78, 5) is 0. The van der Waals surface area contributed by atoms with Crippen LogP contribution in [0.25, 0.3) is 0 Å². The Hall–Kier alpha value is -0.710. The Morgan fingerprint density at radius 3 is 2.33 bits per heavy atom. The van der Waals surface area contributed by atoms with E-state index in [0.29, 0.717) is 11.7 Å². The van der Waals surface area contributed by atoms with Gasteiger partial charge in [0.15, 0.2) is 0 Å². The Bertz CT molecular complexity index is 300. The molecular formula is C11H17NO2S. The van der Waals surface area contributed by atoms with Crippen molar-refractivity contribution < 1.29 is 9.29 Å². The van der Waals surface area contributed by atoms with Crippen LogP contribution in [0.4, 0.5) is 0 Å². The number of nitrogens with two attached hydrogens (primary N) is 1. The molecule has 0 heterocycles. The van der Waals surface area contributed by atoms with Gasteiger partial charge in [-0.2, -0.15) is 0 Å². The van der Waals surface area contributed by atoms with Crippen LogP contribution in [0.3, 0.4) is 0 Å². The molecule has 0 aliphatic heterocycles. The summed E-state index contributed by atoms with van der Waals surface area (Å²) in [6, 6.07) is 5.76. The molecule has 15 heavy (non-hydrogen) atoms. The van der Waals surface area contributed by atoms with Gasteiger partial charge in [-0.25, -0.2) is 5.14 Å². The third-order valence-electron chi connectivity index (χ3n) is 2.28. The SMILES string of the molecule is CC(C)c1cccc(C(C)O)c1OSN. The van der Waals surface area contributed by atoms with E-state index >= 15 is 0 Å². The molecular weight excluding hydrogens is 210 g/mol. The largest absolute Gasteiger partial charge is 0.409 e. The minimum absolute atomic E-state index is 0.339. The lowest BCUT2D eigenvalue weighted by Gasteiger charge is -2.17. The first-order valence-electron chi connectivity index (χ1n) is 4.92. The van der Waals surface area contributed by atoms with E-state index in [1.165, 1.54) is 0 Å². The summed E-state index contributed by atoms with van der Waals surface area (Å²) < 4.78 is 5.33. The van der Waals surface area contributed by atoms with Crippen LogP contribution >= 0.6 is 12.2 Å². The highest BCUT2D eigenvalue weighted by atomic mass is 32.2. The fourth-order valence-electron chi connectivity index (χ4n) is 1.50. The van der Waals surface area contributed by atoms with Gasteiger partial charge in [0.1, 0.15) is 18.0 Å². The molecule has 0 aliphatic carbocycles. The second-order valence-corrected chi connectivity index (χ2v) is 4.13. The summed E-state index contributed by atoms with van der Waals surface area (Å²) in [5, 5.41) is 14.9. The average molecular weight is 227 g/mol. The molecule has 0 bridgehead atoms. The summed E-state index contributed by atoms with van der Waals surface area (Å²) >= 11 is 0.807. The van der Waals surface area contributed by atoms with Gasteiger partial charge in [-0.3, -0.25) is 0 Å². The Balaban J connectivity index is 3.21. The molecule has 0 spiro atoms. The van der Waals surface area contributed by atoms with Crippen molar-refractivity contribution in [2.24, 2.45) is 5.14 Å². The molecule has 0 radical (unpaired) electrons. The summed E-state index contributed by atoms with van der Waals surface area (Å²) in [5.74, 6) is 1.03. The first-order chi connectivity index (χ1) is 7.07. The summed E-state index contributed by atoms with van der Waals surface area (Å²) in [7, 11) is 0. The summed E-state index contributed by atoms with van der Waals surface area (Å²) in [5.41, 5.74) is 1.84. The number of hydrogen-bond acceptors (Lipinski definition) is 4. The lowest BCUT2D eigenvalue weighted by atomic mass is 9.97. The van der Waals surface area contributed by atoms with E-state index in [4.69, 9.17) is 9.32 Å². The van der Waals surface area contributed by atoms with Crippen molar-refractivity contribution in [2.45, 2.75) is 32.8 Å². The normalized spacial score (nSPS) is 12.9. The lowest BCUT2D eigenvalue weighted by Crippen LogP contribution is -2.02. The maximum Gasteiger partial charge on any atom is 0.148 e. The molecule has 1 aromatic carbocycles. The van der Waals surface area contributed by atoms with Gasteiger partial charge in [0.05, 0.1) is 6.10 Å². The number of benzene rings is 1. The topological polar surface area (TPSA) is 55.5 Å². The third-order valence-corrected chi connectivity index (χ3v) is 2.54. The van der Waals surface area contributed by atoms with Crippen LogP contribution in [-0.4, -0.2) is 5.11 Å². The molecule has 0 saturated carbocycles. The Morgan fingerprint density at radius 2 is 1.87 bits per heavy atom. The fraction of sp³-hybridized carbons (Fsp3) is 0.455. The molecule has 1 atom stereocenters. The average Bonchev–Trinajstić information content (AvgIpc) is 2.17. The van der Waals surface area contributed by atoms with Crippen molar-refractivity contribution in [2.75, 3.05) is 0 Å². The maximum absolute atomic E-state index is 9.61. The Labute approximate surface area is 95.0 Å². The van der Waals surface area contributed by atoms with Crippen molar-refractivity contribution in [1.82, 2.24) is 0 Å². The molecule has 0 amide bonds. The van der Waals surface area contributed by atoms with E-state index < -0.39 is 6.10 Å². The summed E-state index contributed by atoms with van der Waals surface area (Å²) in [6.07, 6.45) is -0.550. The first kappa shape index (κ1) is 12.4. The van der Waals surface area contributed by atoms with E-state index in [1.54, 1.807) is 6.92 Å². The van der Waals surface area contributed by atoms with Gasteiger partial charge in [0, 0.05) is 5.56 Å². The molecule has 84 valence electrons. The monoisotopic (exact) mass is 227 g/mol. The van der Waals surface area contributed by atoms with Gasteiger partial charge >= 0.3 is 0 Å². The maximum atomic E-state index is 9.61. The van der Waals surface area contributed by atoms with Crippen molar-refractivity contribution in [3.8, 4) is 5.75 Å². The van der Waals surface area contributed by atoms with Crippen molar-refractivity contribution in [1.29, 1.82) is 0 Å². The Kier molecular flexibility index (Phi) is 4.45. The van der Waals surface area contributed by atoms with Gasteiger partial charge in [-0.05, 0) is 18.4 Å². The molecule has 4 heteroatoms. The fourth-order valence-corrected chi connectivity index (χ4v) is 1.79. The second kappa shape index (κ2) is 5.39. The van der Waals surface area contributed by atoms with Gasteiger partial charge in [0.25, 0.3) is 0 Å². The molecule has 1 aromatic rings. The van der Waals surface area contributed by atoms with Crippen molar-refractivity contribution in [3.05, 3.63) is 29.3 Å². The minimum Gasteiger partial charge on any atom is -0.409 e. The lowest BCUT2D eigenvalue weighted by molar-refractivity contribution is 0.197. The van der Waals surface area contributed by atoms with E-state index in [9.17, 15) is 5.11 Å². The van der Waals surface area contributed by atoms with Crippen LogP contribution in [0.15, 0.2) is 18.2 Å². The zero-order valence-electron chi connectivity index (χ0n) is 9.23. The number of para-hydroxylation sites is 1.